The maximum absolute atomic E-state index is 13.7. The van der Waals surface area contributed by atoms with Crippen LogP contribution in [0, 0.1) is 17.1 Å². The van der Waals surface area contributed by atoms with Gasteiger partial charge in [-0.15, -0.1) is 0 Å². The summed E-state index contributed by atoms with van der Waals surface area (Å²) in [5, 5.41) is 13.5. The van der Waals surface area contributed by atoms with Gasteiger partial charge in [-0.1, -0.05) is 18.2 Å². The highest BCUT2D eigenvalue weighted by molar-refractivity contribution is 5.53. The van der Waals surface area contributed by atoms with Gasteiger partial charge < -0.3 is 10.5 Å². The summed E-state index contributed by atoms with van der Waals surface area (Å²) in [4.78, 5) is 0. The molecule has 20 heavy (non-hydrogen) atoms. The van der Waals surface area contributed by atoms with Crippen LogP contribution in [0.4, 0.5) is 10.2 Å². The summed E-state index contributed by atoms with van der Waals surface area (Å²) >= 11 is 0. The first-order valence-corrected chi connectivity index (χ1v) is 6.15. The minimum atomic E-state index is -0.318. The Morgan fingerprint density at radius 2 is 2.20 bits per heavy atom. The van der Waals surface area contributed by atoms with Crippen molar-refractivity contribution < 1.29 is 9.13 Å². The van der Waals surface area contributed by atoms with Gasteiger partial charge in [-0.2, -0.15) is 10.4 Å². The topological polar surface area (TPSA) is 76.9 Å². The number of benzene rings is 1. The molecule has 0 fully saturated rings. The highest BCUT2D eigenvalue weighted by Gasteiger charge is 2.16. The van der Waals surface area contributed by atoms with Crippen LogP contribution < -0.4 is 5.73 Å². The fraction of sp³-hybridized carbons (Fsp3) is 0.286. The summed E-state index contributed by atoms with van der Waals surface area (Å²) in [5.74, 6) is -0.0303. The van der Waals surface area contributed by atoms with E-state index in [0.717, 1.165) is 0 Å². The summed E-state index contributed by atoms with van der Waals surface area (Å²) in [6.45, 7) is 0.893. The average molecular weight is 274 g/mol. The van der Waals surface area contributed by atoms with Crippen LogP contribution in [0.2, 0.25) is 0 Å². The maximum atomic E-state index is 13.7. The van der Waals surface area contributed by atoms with Crippen LogP contribution in [-0.4, -0.2) is 23.5 Å². The van der Waals surface area contributed by atoms with E-state index in [1.807, 2.05) is 6.07 Å². The molecule has 0 aliphatic rings. The Labute approximate surface area is 116 Å². The second-order valence-corrected chi connectivity index (χ2v) is 4.30. The lowest BCUT2D eigenvalue weighted by Crippen LogP contribution is -2.09. The zero-order valence-electron chi connectivity index (χ0n) is 11.1. The number of rotatable bonds is 5. The van der Waals surface area contributed by atoms with Gasteiger partial charge in [0.15, 0.2) is 0 Å². The van der Waals surface area contributed by atoms with Crippen molar-refractivity contribution in [3.05, 3.63) is 46.9 Å². The lowest BCUT2D eigenvalue weighted by molar-refractivity contribution is 0.184. The van der Waals surface area contributed by atoms with Gasteiger partial charge in [0.2, 0.25) is 0 Å². The predicted molar refractivity (Wildman–Crippen MR) is 72.4 cm³/mol. The SMILES string of the molecule is COCCn1nc(Cc2ccccc2F)c(C#N)c1N. The van der Waals surface area contributed by atoms with Crippen molar-refractivity contribution >= 4 is 5.82 Å². The molecule has 0 radical (unpaired) electrons. The number of nitrogens with zero attached hydrogens (tertiary/aromatic N) is 3. The number of halogens is 1. The van der Waals surface area contributed by atoms with E-state index in [1.165, 1.54) is 10.7 Å². The Morgan fingerprint density at radius 3 is 2.85 bits per heavy atom. The molecule has 0 amide bonds. The first-order valence-electron chi connectivity index (χ1n) is 6.15. The van der Waals surface area contributed by atoms with Crippen LogP contribution in [0.5, 0.6) is 0 Å². The van der Waals surface area contributed by atoms with Gasteiger partial charge in [0.05, 0.1) is 18.8 Å². The average Bonchev–Trinajstić information content (AvgIpc) is 2.74. The van der Waals surface area contributed by atoms with Gasteiger partial charge in [0.1, 0.15) is 23.3 Å². The number of aromatic nitrogens is 2. The second kappa shape index (κ2) is 6.17. The van der Waals surface area contributed by atoms with E-state index in [2.05, 4.69) is 5.10 Å². The minimum absolute atomic E-state index is 0.236. The third-order valence-electron chi connectivity index (χ3n) is 3.00. The zero-order chi connectivity index (χ0) is 14.5. The Bertz CT molecular complexity index is 645. The molecule has 0 aliphatic heterocycles. The molecule has 0 spiro atoms. The number of methoxy groups -OCH3 is 1. The van der Waals surface area contributed by atoms with Crippen LogP contribution in [-0.2, 0) is 17.7 Å². The van der Waals surface area contributed by atoms with Gasteiger partial charge in [-0.25, -0.2) is 9.07 Å². The number of anilines is 1. The van der Waals surface area contributed by atoms with Gasteiger partial charge in [-0.05, 0) is 11.6 Å². The van der Waals surface area contributed by atoms with Crippen molar-refractivity contribution in [3.63, 3.8) is 0 Å². The summed E-state index contributed by atoms with van der Waals surface area (Å²) in [6.07, 6.45) is 0.236. The van der Waals surface area contributed by atoms with E-state index in [9.17, 15) is 9.65 Å². The summed E-state index contributed by atoms with van der Waals surface area (Å²) in [6, 6.07) is 8.44. The van der Waals surface area contributed by atoms with E-state index < -0.39 is 0 Å². The molecular formula is C14H15FN4O. The Balaban J connectivity index is 2.32. The molecule has 104 valence electrons. The fourth-order valence-corrected chi connectivity index (χ4v) is 1.94. The molecule has 5 nitrogen and oxygen atoms in total. The highest BCUT2D eigenvalue weighted by Crippen LogP contribution is 2.20. The first-order chi connectivity index (χ1) is 9.67. The zero-order valence-corrected chi connectivity index (χ0v) is 11.1. The van der Waals surface area contributed by atoms with Crippen LogP contribution in [0.25, 0.3) is 0 Å². The molecule has 1 aromatic carbocycles. The van der Waals surface area contributed by atoms with E-state index >= 15 is 0 Å². The number of nitrogens with two attached hydrogens (primary N) is 1. The number of nitrogen functional groups attached to an aromatic ring is 1. The standard InChI is InChI=1S/C14H15FN4O/c1-20-7-6-19-14(17)11(9-16)13(18-19)8-10-4-2-3-5-12(10)15/h2-5H,6-8,17H2,1H3. The van der Waals surface area contributed by atoms with E-state index in [1.54, 1.807) is 25.3 Å². The monoisotopic (exact) mass is 274 g/mol. The first kappa shape index (κ1) is 14.0. The third-order valence-corrected chi connectivity index (χ3v) is 3.00. The van der Waals surface area contributed by atoms with Crippen molar-refractivity contribution in [1.29, 1.82) is 5.26 Å². The smallest absolute Gasteiger partial charge is 0.140 e. The Hall–Kier alpha value is -2.39. The maximum Gasteiger partial charge on any atom is 0.140 e. The molecule has 0 unspecified atom stereocenters. The fourth-order valence-electron chi connectivity index (χ4n) is 1.94. The van der Waals surface area contributed by atoms with Gasteiger partial charge in [0.25, 0.3) is 0 Å². The molecule has 2 rings (SSSR count). The molecule has 1 aromatic heterocycles. The third kappa shape index (κ3) is 2.78. The minimum Gasteiger partial charge on any atom is -0.383 e. The van der Waals surface area contributed by atoms with Gasteiger partial charge in [-0.3, -0.25) is 0 Å². The predicted octanol–water partition coefficient (Wildman–Crippen LogP) is 1.71. The number of hydrogen-bond donors (Lipinski definition) is 1. The van der Waals surface area contributed by atoms with Crippen molar-refractivity contribution in [3.8, 4) is 6.07 Å². The molecule has 0 saturated heterocycles. The van der Waals surface area contributed by atoms with Crippen molar-refractivity contribution in [1.82, 2.24) is 9.78 Å². The molecule has 0 atom stereocenters. The van der Waals surface area contributed by atoms with E-state index in [-0.39, 0.29) is 18.1 Å². The summed E-state index contributed by atoms with van der Waals surface area (Å²) in [7, 11) is 1.57. The van der Waals surface area contributed by atoms with Crippen LogP contribution in [0.3, 0.4) is 0 Å². The molecule has 0 saturated carbocycles. The number of hydrogen-bond acceptors (Lipinski definition) is 4. The second-order valence-electron chi connectivity index (χ2n) is 4.30. The molecule has 6 heteroatoms. The normalized spacial score (nSPS) is 10.4. The van der Waals surface area contributed by atoms with E-state index in [0.29, 0.717) is 30.0 Å². The highest BCUT2D eigenvalue weighted by atomic mass is 19.1. The molecular weight excluding hydrogens is 259 g/mol. The van der Waals surface area contributed by atoms with Crippen molar-refractivity contribution in [2.24, 2.45) is 0 Å². The van der Waals surface area contributed by atoms with Crippen LogP contribution >= 0.6 is 0 Å². The summed E-state index contributed by atoms with van der Waals surface area (Å²) < 4.78 is 20.1. The van der Waals surface area contributed by atoms with Gasteiger partial charge in [0, 0.05) is 13.5 Å². The number of nitriles is 1. The quantitative estimate of drug-likeness (QED) is 0.900. The van der Waals surface area contributed by atoms with E-state index in [4.69, 9.17) is 10.5 Å². The van der Waals surface area contributed by atoms with Crippen LogP contribution in [0.15, 0.2) is 24.3 Å². The number of ether oxygens (including phenoxy) is 1. The summed E-state index contributed by atoms with van der Waals surface area (Å²) in [5.41, 5.74) is 7.14. The molecule has 0 aliphatic carbocycles. The molecule has 2 aromatic rings. The van der Waals surface area contributed by atoms with Gasteiger partial charge >= 0.3 is 0 Å². The molecule has 0 bridgehead atoms. The molecule has 2 N–H and O–H groups in total. The Morgan fingerprint density at radius 1 is 1.45 bits per heavy atom. The lowest BCUT2D eigenvalue weighted by Gasteiger charge is -2.02. The van der Waals surface area contributed by atoms with Crippen LogP contribution in [0.1, 0.15) is 16.8 Å². The van der Waals surface area contributed by atoms with Crippen molar-refractivity contribution in [2.75, 3.05) is 19.5 Å². The molecule has 1 heterocycles. The largest absolute Gasteiger partial charge is 0.383 e. The van der Waals surface area contributed by atoms with Crippen molar-refractivity contribution in [2.45, 2.75) is 13.0 Å². The Kier molecular flexibility index (Phi) is 4.33. The lowest BCUT2D eigenvalue weighted by atomic mass is 10.1.